The molecule has 3 rings (SSSR count). The van der Waals surface area contributed by atoms with E-state index in [0.717, 1.165) is 43.0 Å². The Hall–Kier alpha value is -2.06. The number of thioether (sulfide) groups is 1. The fourth-order valence-corrected chi connectivity index (χ4v) is 4.31. The summed E-state index contributed by atoms with van der Waals surface area (Å²) in [4.78, 5) is 8.60. The number of aromatic nitrogens is 3. The molecule has 0 amide bonds. The van der Waals surface area contributed by atoms with Crippen molar-refractivity contribution in [1.29, 1.82) is 0 Å². The summed E-state index contributed by atoms with van der Waals surface area (Å²) in [5.41, 5.74) is 0. The number of nitrogens with zero attached hydrogens (tertiary/aromatic N) is 5. The molecule has 158 valence electrons. The van der Waals surface area contributed by atoms with Crippen LogP contribution in [0.25, 0.3) is 0 Å². The molecule has 0 radical (unpaired) electrons. The summed E-state index contributed by atoms with van der Waals surface area (Å²) in [6.45, 7) is 8.79. The molecule has 0 bridgehead atoms. The molecule has 0 spiro atoms. The van der Waals surface area contributed by atoms with Crippen molar-refractivity contribution < 1.29 is 0 Å². The van der Waals surface area contributed by atoms with E-state index in [2.05, 4.69) is 56.9 Å². The van der Waals surface area contributed by atoms with Crippen LogP contribution in [-0.2, 0) is 13.6 Å². The molecule has 1 fully saturated rings. The van der Waals surface area contributed by atoms with Crippen LogP contribution in [0.5, 0.6) is 0 Å². The number of aryl methyl sites for hydroxylation is 1. The van der Waals surface area contributed by atoms with E-state index in [4.69, 9.17) is 4.99 Å². The molecule has 1 saturated heterocycles. The molecule has 1 aliphatic rings. The normalized spacial score (nSPS) is 17.6. The summed E-state index contributed by atoms with van der Waals surface area (Å²) < 4.78 is 1.99. The van der Waals surface area contributed by atoms with Crippen molar-refractivity contribution >= 4 is 17.7 Å². The number of nitrogens with one attached hydrogen (secondary N) is 2. The highest BCUT2D eigenvalue weighted by Crippen LogP contribution is 2.16. The van der Waals surface area contributed by atoms with Crippen molar-refractivity contribution in [2.45, 2.75) is 44.2 Å². The van der Waals surface area contributed by atoms with Crippen LogP contribution in [0, 0.1) is 6.92 Å². The summed E-state index contributed by atoms with van der Waals surface area (Å²) in [5, 5.41) is 15.4. The second-order valence-corrected chi connectivity index (χ2v) is 8.45. The average molecular weight is 416 g/mol. The van der Waals surface area contributed by atoms with Gasteiger partial charge in [0, 0.05) is 36.8 Å². The zero-order valence-corrected chi connectivity index (χ0v) is 18.6. The highest BCUT2D eigenvalue weighted by Gasteiger charge is 2.22. The van der Waals surface area contributed by atoms with Gasteiger partial charge in [-0.15, -0.1) is 22.0 Å². The number of likely N-dealkylation sites (tertiary alicyclic amines) is 1. The number of aliphatic imine (C=N–C) groups is 1. The van der Waals surface area contributed by atoms with E-state index in [-0.39, 0.29) is 0 Å². The molecular weight excluding hydrogens is 382 g/mol. The monoisotopic (exact) mass is 415 g/mol. The molecule has 2 aromatic rings. The first kappa shape index (κ1) is 21.6. The fourth-order valence-electron chi connectivity index (χ4n) is 3.52. The maximum absolute atomic E-state index is 4.77. The first-order valence-corrected chi connectivity index (χ1v) is 11.4. The standard InChI is InChI=1S/C21H33N7S/c1-4-28-13-8-9-18(28)15-23-21(24-16-20-26-25-17(2)27(20)3)22-12-14-29-19-10-6-5-7-11-19/h5-7,10-11,18H,4,8-9,12-16H2,1-3H3,(H2,22,23,24). The lowest BCUT2D eigenvalue weighted by molar-refractivity contribution is 0.267. The SMILES string of the molecule is CCN1CCCC1CNC(=NCc1nnc(C)n1C)NCCSc1ccccc1. The lowest BCUT2D eigenvalue weighted by atomic mass is 10.2. The highest BCUT2D eigenvalue weighted by atomic mass is 32.2. The molecule has 7 nitrogen and oxygen atoms in total. The van der Waals surface area contributed by atoms with Gasteiger partial charge in [-0.2, -0.15) is 0 Å². The van der Waals surface area contributed by atoms with Crippen LogP contribution in [0.1, 0.15) is 31.4 Å². The number of hydrogen-bond acceptors (Lipinski definition) is 5. The van der Waals surface area contributed by atoms with Crippen LogP contribution in [0.4, 0.5) is 0 Å². The zero-order valence-electron chi connectivity index (χ0n) is 17.8. The van der Waals surface area contributed by atoms with Crippen molar-refractivity contribution in [3.63, 3.8) is 0 Å². The van der Waals surface area contributed by atoms with Crippen LogP contribution in [0.15, 0.2) is 40.2 Å². The minimum Gasteiger partial charge on any atom is -0.356 e. The molecular formula is C21H33N7S. The highest BCUT2D eigenvalue weighted by molar-refractivity contribution is 7.99. The van der Waals surface area contributed by atoms with Crippen LogP contribution in [0.3, 0.4) is 0 Å². The van der Waals surface area contributed by atoms with E-state index in [1.165, 1.54) is 24.3 Å². The third-order valence-corrected chi connectivity index (χ3v) is 6.39. The van der Waals surface area contributed by atoms with Crippen LogP contribution >= 0.6 is 11.8 Å². The summed E-state index contributed by atoms with van der Waals surface area (Å²) in [6.07, 6.45) is 2.53. The van der Waals surface area contributed by atoms with Crippen molar-refractivity contribution in [3.8, 4) is 0 Å². The molecule has 1 aromatic carbocycles. The number of benzene rings is 1. The summed E-state index contributed by atoms with van der Waals surface area (Å²) in [6, 6.07) is 11.1. The van der Waals surface area contributed by atoms with Gasteiger partial charge in [0.25, 0.3) is 0 Å². The van der Waals surface area contributed by atoms with Gasteiger partial charge in [-0.25, -0.2) is 4.99 Å². The maximum Gasteiger partial charge on any atom is 0.191 e. The van der Waals surface area contributed by atoms with Gasteiger partial charge in [0.2, 0.25) is 0 Å². The van der Waals surface area contributed by atoms with Crippen molar-refractivity contribution in [2.24, 2.45) is 12.0 Å². The minimum atomic E-state index is 0.515. The Kier molecular flexibility index (Phi) is 8.37. The van der Waals surface area contributed by atoms with Gasteiger partial charge in [0.15, 0.2) is 11.8 Å². The van der Waals surface area contributed by atoms with E-state index < -0.39 is 0 Å². The van der Waals surface area contributed by atoms with E-state index in [0.29, 0.717) is 12.6 Å². The summed E-state index contributed by atoms with van der Waals surface area (Å²) in [5.74, 6) is 3.61. The second kappa shape index (κ2) is 11.2. The Bertz CT molecular complexity index is 775. The van der Waals surface area contributed by atoms with Gasteiger partial charge in [-0.1, -0.05) is 25.1 Å². The average Bonchev–Trinajstić information content (AvgIpc) is 3.34. The number of hydrogen-bond donors (Lipinski definition) is 2. The summed E-state index contributed by atoms with van der Waals surface area (Å²) in [7, 11) is 1.98. The quantitative estimate of drug-likeness (QED) is 0.284. The third kappa shape index (κ3) is 6.47. The Labute approximate surface area is 178 Å². The van der Waals surface area contributed by atoms with Crippen molar-refractivity contribution in [2.75, 3.05) is 31.9 Å². The van der Waals surface area contributed by atoms with Crippen LogP contribution in [0.2, 0.25) is 0 Å². The fraction of sp³-hybridized carbons (Fsp3) is 0.571. The molecule has 2 heterocycles. The topological polar surface area (TPSA) is 70.4 Å². The largest absolute Gasteiger partial charge is 0.356 e. The number of likely N-dealkylation sites (N-methyl/N-ethyl adjacent to an activating group) is 1. The first-order chi connectivity index (χ1) is 14.2. The molecule has 1 atom stereocenters. The predicted molar refractivity (Wildman–Crippen MR) is 120 cm³/mol. The smallest absolute Gasteiger partial charge is 0.191 e. The van der Waals surface area contributed by atoms with Crippen molar-refractivity contribution in [1.82, 2.24) is 30.3 Å². The molecule has 0 aliphatic carbocycles. The van der Waals surface area contributed by atoms with E-state index in [1.807, 2.05) is 36.4 Å². The lowest BCUT2D eigenvalue weighted by Crippen LogP contribution is -2.45. The summed E-state index contributed by atoms with van der Waals surface area (Å²) >= 11 is 1.85. The van der Waals surface area contributed by atoms with E-state index in [9.17, 15) is 0 Å². The Morgan fingerprint density at radius 3 is 2.79 bits per heavy atom. The van der Waals surface area contributed by atoms with Gasteiger partial charge in [-0.05, 0) is 45.0 Å². The molecule has 0 saturated carbocycles. The van der Waals surface area contributed by atoms with Gasteiger partial charge in [0.05, 0.1) is 0 Å². The first-order valence-electron chi connectivity index (χ1n) is 10.5. The van der Waals surface area contributed by atoms with Gasteiger partial charge < -0.3 is 15.2 Å². The Balaban J connectivity index is 1.54. The Morgan fingerprint density at radius 1 is 1.24 bits per heavy atom. The molecule has 29 heavy (non-hydrogen) atoms. The van der Waals surface area contributed by atoms with Crippen LogP contribution in [-0.4, -0.2) is 63.6 Å². The van der Waals surface area contributed by atoms with Gasteiger partial charge in [-0.3, -0.25) is 4.90 Å². The predicted octanol–water partition coefficient (Wildman–Crippen LogP) is 2.44. The number of rotatable bonds is 9. The van der Waals surface area contributed by atoms with Crippen LogP contribution < -0.4 is 10.6 Å². The molecule has 8 heteroatoms. The van der Waals surface area contributed by atoms with Crippen molar-refractivity contribution in [3.05, 3.63) is 42.0 Å². The zero-order chi connectivity index (χ0) is 20.5. The van der Waals surface area contributed by atoms with E-state index in [1.54, 1.807) is 0 Å². The molecule has 1 aliphatic heterocycles. The van der Waals surface area contributed by atoms with Gasteiger partial charge >= 0.3 is 0 Å². The third-order valence-electron chi connectivity index (χ3n) is 5.38. The maximum atomic E-state index is 4.77. The van der Waals surface area contributed by atoms with E-state index >= 15 is 0 Å². The second-order valence-electron chi connectivity index (χ2n) is 7.28. The van der Waals surface area contributed by atoms with Gasteiger partial charge in [0.1, 0.15) is 12.4 Å². The molecule has 2 N–H and O–H groups in total. The minimum absolute atomic E-state index is 0.515. The molecule has 1 aromatic heterocycles. The Morgan fingerprint density at radius 2 is 2.07 bits per heavy atom. The number of guanidine groups is 1. The molecule has 1 unspecified atom stereocenters. The lowest BCUT2D eigenvalue weighted by Gasteiger charge is -2.24.